The van der Waals surface area contributed by atoms with Gasteiger partial charge in [0.15, 0.2) is 5.96 Å². The van der Waals surface area contributed by atoms with Gasteiger partial charge in [0.2, 0.25) is 0 Å². The molecule has 0 amide bonds. The number of rotatable bonds is 10. The van der Waals surface area contributed by atoms with Crippen molar-refractivity contribution in [2.75, 3.05) is 53.5 Å². The van der Waals surface area contributed by atoms with Crippen molar-refractivity contribution >= 4 is 5.96 Å². The van der Waals surface area contributed by atoms with Crippen LogP contribution in [0.5, 0.6) is 11.5 Å². The number of imidazole rings is 1. The summed E-state index contributed by atoms with van der Waals surface area (Å²) in [6.45, 7) is 11.7. The Morgan fingerprint density at radius 1 is 1.12 bits per heavy atom. The van der Waals surface area contributed by atoms with Gasteiger partial charge in [0.1, 0.15) is 17.3 Å². The minimum atomic E-state index is 0.845. The Kier molecular flexibility index (Phi) is 9.22. The van der Waals surface area contributed by atoms with Crippen molar-refractivity contribution in [2.45, 2.75) is 39.8 Å². The molecule has 2 heterocycles. The van der Waals surface area contributed by atoms with Crippen molar-refractivity contribution in [2.24, 2.45) is 4.99 Å². The Hall–Kier alpha value is -2.74. The number of methoxy groups -OCH3 is 2. The Morgan fingerprint density at radius 2 is 1.94 bits per heavy atom. The van der Waals surface area contributed by atoms with Crippen LogP contribution in [0, 0.1) is 6.92 Å². The van der Waals surface area contributed by atoms with E-state index in [0.29, 0.717) is 0 Å². The highest BCUT2D eigenvalue weighted by Crippen LogP contribution is 2.25. The zero-order valence-corrected chi connectivity index (χ0v) is 20.0. The summed E-state index contributed by atoms with van der Waals surface area (Å²) >= 11 is 0. The summed E-state index contributed by atoms with van der Waals surface area (Å²) in [5.41, 5.74) is 1.16. The number of aryl methyl sites for hydroxylation is 2. The molecule has 1 aromatic carbocycles. The van der Waals surface area contributed by atoms with Gasteiger partial charge in [-0.15, -0.1) is 0 Å². The van der Waals surface area contributed by atoms with Crippen LogP contribution in [-0.2, 0) is 13.1 Å². The first-order chi connectivity index (χ1) is 15.6. The number of guanidine groups is 1. The van der Waals surface area contributed by atoms with Gasteiger partial charge in [-0.3, -0.25) is 9.89 Å². The number of nitrogens with one attached hydrogen (secondary N) is 1. The molecule has 0 spiro atoms. The third kappa shape index (κ3) is 6.63. The molecular weight excluding hydrogens is 404 g/mol. The van der Waals surface area contributed by atoms with Crippen LogP contribution in [-0.4, -0.2) is 78.8 Å². The van der Waals surface area contributed by atoms with Crippen LogP contribution >= 0.6 is 0 Å². The molecule has 0 unspecified atom stereocenters. The van der Waals surface area contributed by atoms with Crippen molar-refractivity contribution in [3.05, 3.63) is 42.0 Å². The molecule has 32 heavy (non-hydrogen) atoms. The van der Waals surface area contributed by atoms with Crippen LogP contribution in [0.4, 0.5) is 0 Å². The molecule has 1 saturated heterocycles. The molecule has 8 heteroatoms. The first kappa shape index (κ1) is 23.9. The normalized spacial score (nSPS) is 15.1. The lowest BCUT2D eigenvalue weighted by Crippen LogP contribution is -2.52. The van der Waals surface area contributed by atoms with Crippen LogP contribution < -0.4 is 14.8 Å². The summed E-state index contributed by atoms with van der Waals surface area (Å²) in [6.07, 6.45) is 6.09. The van der Waals surface area contributed by atoms with E-state index >= 15 is 0 Å². The lowest BCUT2D eigenvalue weighted by molar-refractivity contribution is 0.171. The Morgan fingerprint density at radius 3 is 2.59 bits per heavy atom. The van der Waals surface area contributed by atoms with E-state index in [0.717, 1.165) is 94.0 Å². The van der Waals surface area contributed by atoms with E-state index in [2.05, 4.69) is 37.7 Å². The van der Waals surface area contributed by atoms with Gasteiger partial charge in [-0.2, -0.15) is 0 Å². The van der Waals surface area contributed by atoms with Crippen molar-refractivity contribution < 1.29 is 9.47 Å². The van der Waals surface area contributed by atoms with Crippen LogP contribution in [0.25, 0.3) is 0 Å². The number of aromatic nitrogens is 2. The number of nitrogens with zero attached hydrogens (tertiary/aromatic N) is 5. The topological polar surface area (TPSA) is 67.2 Å². The third-order valence-corrected chi connectivity index (χ3v) is 5.88. The van der Waals surface area contributed by atoms with E-state index in [9.17, 15) is 0 Å². The maximum Gasteiger partial charge on any atom is 0.194 e. The van der Waals surface area contributed by atoms with Gasteiger partial charge in [-0.05, 0) is 44.9 Å². The molecule has 0 saturated carbocycles. The molecule has 176 valence electrons. The molecule has 1 aliphatic heterocycles. The Bertz CT molecular complexity index is 858. The van der Waals surface area contributed by atoms with Crippen molar-refractivity contribution in [1.29, 1.82) is 0 Å². The van der Waals surface area contributed by atoms with Gasteiger partial charge >= 0.3 is 0 Å². The van der Waals surface area contributed by atoms with Gasteiger partial charge < -0.3 is 24.3 Å². The van der Waals surface area contributed by atoms with Gasteiger partial charge in [-0.25, -0.2) is 4.98 Å². The second-order valence-electron chi connectivity index (χ2n) is 8.05. The largest absolute Gasteiger partial charge is 0.497 e. The summed E-state index contributed by atoms with van der Waals surface area (Å²) in [5.74, 6) is 3.88. The molecule has 0 radical (unpaired) electrons. The van der Waals surface area contributed by atoms with E-state index in [1.54, 1.807) is 14.2 Å². The number of benzene rings is 1. The molecule has 1 N–H and O–H groups in total. The zero-order chi connectivity index (χ0) is 22.8. The van der Waals surface area contributed by atoms with Crippen LogP contribution in [0.15, 0.2) is 35.6 Å². The third-order valence-electron chi connectivity index (χ3n) is 5.88. The average molecular weight is 443 g/mol. The molecule has 0 bridgehead atoms. The second-order valence-corrected chi connectivity index (χ2v) is 8.05. The molecule has 1 aromatic heterocycles. The number of hydrogen-bond donors (Lipinski definition) is 1. The van der Waals surface area contributed by atoms with Crippen molar-refractivity contribution in [3.8, 4) is 11.5 Å². The predicted octanol–water partition coefficient (Wildman–Crippen LogP) is 2.77. The van der Waals surface area contributed by atoms with E-state index < -0.39 is 0 Å². The monoisotopic (exact) mass is 442 g/mol. The van der Waals surface area contributed by atoms with Crippen molar-refractivity contribution in [1.82, 2.24) is 24.7 Å². The maximum atomic E-state index is 5.55. The first-order valence-corrected chi connectivity index (χ1v) is 11.6. The summed E-state index contributed by atoms with van der Waals surface area (Å²) < 4.78 is 13.1. The summed E-state index contributed by atoms with van der Waals surface area (Å²) in [5, 5.41) is 3.47. The molecule has 3 rings (SSSR count). The standard InChI is InChI=1S/C24H38N6O2/c1-5-25-24(27-10-6-7-12-29-13-11-26-20(29)2)30-16-14-28(15-17-30)19-21-18-22(31-3)8-9-23(21)32-4/h8-9,11,13,18H,5-7,10,12,14-17,19H2,1-4H3,(H,25,27). The van der Waals surface area contributed by atoms with Gasteiger partial charge in [-0.1, -0.05) is 0 Å². The van der Waals surface area contributed by atoms with E-state index in [4.69, 9.17) is 14.5 Å². The summed E-state index contributed by atoms with van der Waals surface area (Å²) in [4.78, 5) is 14.0. The highest BCUT2D eigenvalue weighted by atomic mass is 16.5. The van der Waals surface area contributed by atoms with Crippen LogP contribution in [0.1, 0.15) is 31.2 Å². The minimum absolute atomic E-state index is 0.845. The summed E-state index contributed by atoms with van der Waals surface area (Å²) in [7, 11) is 3.42. The highest BCUT2D eigenvalue weighted by Gasteiger charge is 2.20. The molecule has 8 nitrogen and oxygen atoms in total. The van der Waals surface area contributed by atoms with E-state index in [-0.39, 0.29) is 0 Å². The first-order valence-electron chi connectivity index (χ1n) is 11.6. The zero-order valence-electron chi connectivity index (χ0n) is 20.0. The number of hydrogen-bond acceptors (Lipinski definition) is 5. The SMILES string of the molecule is CCNC(=NCCCCn1ccnc1C)N1CCN(Cc2cc(OC)ccc2OC)CC1. The molecule has 0 atom stereocenters. The fourth-order valence-corrected chi connectivity index (χ4v) is 4.01. The fourth-order valence-electron chi connectivity index (χ4n) is 4.01. The number of ether oxygens (including phenoxy) is 2. The van der Waals surface area contributed by atoms with E-state index in [1.807, 2.05) is 31.5 Å². The highest BCUT2D eigenvalue weighted by molar-refractivity contribution is 5.80. The lowest BCUT2D eigenvalue weighted by atomic mass is 10.1. The smallest absolute Gasteiger partial charge is 0.194 e. The summed E-state index contributed by atoms with van der Waals surface area (Å²) in [6, 6.07) is 5.99. The van der Waals surface area contributed by atoms with Gasteiger partial charge in [0.25, 0.3) is 0 Å². The maximum absolute atomic E-state index is 5.55. The number of aliphatic imine (C=N–C) groups is 1. The second kappa shape index (κ2) is 12.3. The average Bonchev–Trinajstić information content (AvgIpc) is 3.23. The molecule has 0 aliphatic carbocycles. The fraction of sp³-hybridized carbons (Fsp3) is 0.583. The van der Waals surface area contributed by atoms with Gasteiger partial charge in [0.05, 0.1) is 14.2 Å². The van der Waals surface area contributed by atoms with Gasteiger partial charge in [0, 0.05) is 70.3 Å². The quantitative estimate of drug-likeness (QED) is 0.347. The minimum Gasteiger partial charge on any atom is -0.497 e. The van der Waals surface area contributed by atoms with E-state index in [1.165, 1.54) is 0 Å². The molecule has 2 aromatic rings. The predicted molar refractivity (Wildman–Crippen MR) is 129 cm³/mol. The molecule has 1 fully saturated rings. The Labute approximate surface area is 192 Å². The van der Waals surface area contributed by atoms with Crippen LogP contribution in [0.2, 0.25) is 0 Å². The number of piperazine rings is 1. The molecular formula is C24H38N6O2. The molecule has 1 aliphatic rings. The Balaban J connectivity index is 1.48. The lowest BCUT2D eigenvalue weighted by Gasteiger charge is -2.36. The van der Waals surface area contributed by atoms with Crippen LogP contribution in [0.3, 0.4) is 0 Å². The van der Waals surface area contributed by atoms with Crippen molar-refractivity contribution in [3.63, 3.8) is 0 Å². The number of unbranched alkanes of at least 4 members (excludes halogenated alkanes) is 1.